The highest BCUT2D eigenvalue weighted by Gasteiger charge is 2.21. The van der Waals surface area contributed by atoms with Crippen molar-refractivity contribution >= 4 is 11.6 Å². The average Bonchev–Trinajstić information content (AvgIpc) is 2.85. The van der Waals surface area contributed by atoms with Crippen molar-refractivity contribution < 1.29 is 4.39 Å². The zero-order valence-electron chi connectivity index (χ0n) is 10.9. The van der Waals surface area contributed by atoms with Crippen LogP contribution in [0.15, 0.2) is 18.2 Å². The van der Waals surface area contributed by atoms with Crippen LogP contribution in [0.2, 0.25) is 5.02 Å². The first-order valence-corrected chi connectivity index (χ1v) is 7.18. The molecule has 1 fully saturated rings. The van der Waals surface area contributed by atoms with Crippen LogP contribution in [-0.4, -0.2) is 13.1 Å². The Kier molecular flexibility index (Phi) is 5.02. The van der Waals surface area contributed by atoms with E-state index in [0.29, 0.717) is 23.0 Å². The molecule has 0 spiro atoms. The van der Waals surface area contributed by atoms with Crippen molar-refractivity contribution in [1.29, 1.82) is 0 Å². The minimum Gasteiger partial charge on any atom is -0.317 e. The normalized spacial score (nSPS) is 18.2. The number of likely N-dealkylation sites (N-methyl/N-ethyl adjacent to an activating group) is 1. The fraction of sp³-hybridized carbons (Fsp3) is 0.600. The van der Waals surface area contributed by atoms with Gasteiger partial charge in [0.1, 0.15) is 5.82 Å². The molecule has 0 radical (unpaired) electrons. The molecule has 1 atom stereocenters. The molecule has 3 heteroatoms. The van der Waals surface area contributed by atoms with E-state index in [4.69, 9.17) is 11.6 Å². The summed E-state index contributed by atoms with van der Waals surface area (Å²) in [6.45, 7) is 0. The lowest BCUT2D eigenvalue weighted by Gasteiger charge is -2.21. The van der Waals surface area contributed by atoms with E-state index in [9.17, 15) is 4.39 Å². The monoisotopic (exact) mass is 269 g/mol. The Morgan fingerprint density at radius 1 is 1.39 bits per heavy atom. The highest BCUT2D eigenvalue weighted by molar-refractivity contribution is 6.31. The van der Waals surface area contributed by atoms with E-state index in [1.165, 1.54) is 31.7 Å². The second-order valence-corrected chi connectivity index (χ2v) is 5.68. The van der Waals surface area contributed by atoms with Crippen LogP contribution >= 0.6 is 11.6 Å². The van der Waals surface area contributed by atoms with Gasteiger partial charge in [0, 0.05) is 16.6 Å². The topological polar surface area (TPSA) is 12.0 Å². The number of benzene rings is 1. The van der Waals surface area contributed by atoms with E-state index in [1.807, 2.05) is 7.05 Å². The zero-order valence-corrected chi connectivity index (χ0v) is 11.6. The van der Waals surface area contributed by atoms with Gasteiger partial charge < -0.3 is 5.32 Å². The number of rotatable bonds is 5. The molecule has 18 heavy (non-hydrogen) atoms. The molecule has 0 amide bonds. The number of nitrogens with one attached hydrogen (secondary N) is 1. The first kappa shape index (κ1) is 13.8. The molecule has 0 aromatic heterocycles. The maximum Gasteiger partial charge on any atom is 0.127 e. The van der Waals surface area contributed by atoms with Crippen molar-refractivity contribution in [3.8, 4) is 0 Å². The molecule has 100 valence electrons. The number of halogens is 2. The third-order valence-corrected chi connectivity index (χ3v) is 4.37. The molecule has 0 bridgehead atoms. The van der Waals surface area contributed by atoms with Crippen LogP contribution in [0.1, 0.15) is 37.7 Å². The SMILES string of the molecule is CNC(Cc1c(F)cccc1Cl)CC1CCCC1. The molecule has 1 N–H and O–H groups in total. The summed E-state index contributed by atoms with van der Waals surface area (Å²) < 4.78 is 13.7. The summed E-state index contributed by atoms with van der Waals surface area (Å²) in [5, 5.41) is 3.85. The summed E-state index contributed by atoms with van der Waals surface area (Å²) in [6.07, 6.45) is 7.15. The van der Waals surface area contributed by atoms with Crippen molar-refractivity contribution in [2.24, 2.45) is 5.92 Å². The predicted molar refractivity (Wildman–Crippen MR) is 74.5 cm³/mol. The van der Waals surface area contributed by atoms with Crippen LogP contribution in [-0.2, 0) is 6.42 Å². The van der Waals surface area contributed by atoms with E-state index < -0.39 is 0 Å². The fourth-order valence-electron chi connectivity index (χ4n) is 2.93. The molecule has 1 aromatic carbocycles. The lowest BCUT2D eigenvalue weighted by Crippen LogP contribution is -2.30. The summed E-state index contributed by atoms with van der Waals surface area (Å²) >= 11 is 6.08. The number of hydrogen-bond donors (Lipinski definition) is 1. The number of hydrogen-bond acceptors (Lipinski definition) is 1. The molecular formula is C15H21ClFN. The van der Waals surface area contributed by atoms with E-state index in [-0.39, 0.29) is 5.82 Å². The van der Waals surface area contributed by atoms with Gasteiger partial charge in [0.25, 0.3) is 0 Å². The Hall–Kier alpha value is -0.600. The molecule has 2 rings (SSSR count). The molecule has 1 aliphatic rings. The van der Waals surface area contributed by atoms with Crippen molar-refractivity contribution in [2.75, 3.05) is 7.05 Å². The van der Waals surface area contributed by atoms with E-state index in [0.717, 1.165) is 12.3 Å². The van der Waals surface area contributed by atoms with Crippen LogP contribution < -0.4 is 5.32 Å². The molecule has 1 nitrogen and oxygen atoms in total. The van der Waals surface area contributed by atoms with Gasteiger partial charge in [-0.15, -0.1) is 0 Å². The molecule has 1 saturated carbocycles. The first-order chi connectivity index (χ1) is 8.70. The quantitative estimate of drug-likeness (QED) is 0.845. The largest absolute Gasteiger partial charge is 0.317 e. The van der Waals surface area contributed by atoms with Crippen LogP contribution in [0.3, 0.4) is 0 Å². The van der Waals surface area contributed by atoms with Gasteiger partial charge in [-0.25, -0.2) is 4.39 Å². The predicted octanol–water partition coefficient (Wildman–Crippen LogP) is 4.19. The summed E-state index contributed by atoms with van der Waals surface area (Å²) in [5.74, 6) is 0.613. The van der Waals surface area contributed by atoms with E-state index in [1.54, 1.807) is 12.1 Å². The maximum absolute atomic E-state index is 13.7. The van der Waals surface area contributed by atoms with Crippen molar-refractivity contribution in [2.45, 2.75) is 44.6 Å². The minimum atomic E-state index is -0.186. The zero-order chi connectivity index (χ0) is 13.0. The lowest BCUT2D eigenvalue weighted by molar-refractivity contribution is 0.399. The fourth-order valence-corrected chi connectivity index (χ4v) is 3.17. The van der Waals surface area contributed by atoms with Gasteiger partial charge in [0.15, 0.2) is 0 Å². The Morgan fingerprint density at radius 3 is 2.72 bits per heavy atom. The third-order valence-electron chi connectivity index (χ3n) is 4.01. The van der Waals surface area contributed by atoms with Gasteiger partial charge in [0.2, 0.25) is 0 Å². The molecule has 0 saturated heterocycles. The molecule has 0 aliphatic heterocycles. The lowest BCUT2D eigenvalue weighted by atomic mass is 9.94. The van der Waals surface area contributed by atoms with Crippen LogP contribution in [0, 0.1) is 11.7 Å². The second kappa shape index (κ2) is 6.53. The van der Waals surface area contributed by atoms with Crippen molar-refractivity contribution in [1.82, 2.24) is 5.32 Å². The Bertz CT molecular complexity index is 368. The van der Waals surface area contributed by atoms with E-state index in [2.05, 4.69) is 5.32 Å². The van der Waals surface area contributed by atoms with Gasteiger partial charge in [-0.3, -0.25) is 0 Å². The van der Waals surface area contributed by atoms with Crippen molar-refractivity contribution in [3.05, 3.63) is 34.6 Å². The maximum atomic E-state index is 13.7. The molecule has 1 aromatic rings. The molecule has 0 heterocycles. The summed E-state index contributed by atoms with van der Waals surface area (Å²) in [5.41, 5.74) is 0.650. The summed E-state index contributed by atoms with van der Waals surface area (Å²) in [7, 11) is 1.95. The molecular weight excluding hydrogens is 249 g/mol. The van der Waals surface area contributed by atoms with Gasteiger partial charge in [-0.2, -0.15) is 0 Å². The highest BCUT2D eigenvalue weighted by Crippen LogP contribution is 2.30. The summed E-state index contributed by atoms with van der Waals surface area (Å²) in [6, 6.07) is 5.24. The molecule has 1 unspecified atom stereocenters. The van der Waals surface area contributed by atoms with Crippen LogP contribution in [0.5, 0.6) is 0 Å². The molecule has 1 aliphatic carbocycles. The minimum absolute atomic E-state index is 0.186. The van der Waals surface area contributed by atoms with Gasteiger partial charge in [0.05, 0.1) is 0 Å². The van der Waals surface area contributed by atoms with E-state index >= 15 is 0 Å². The average molecular weight is 270 g/mol. The van der Waals surface area contributed by atoms with Crippen LogP contribution in [0.4, 0.5) is 4.39 Å². The standard InChI is InChI=1S/C15H21ClFN/c1-18-12(9-11-5-2-3-6-11)10-13-14(16)7-4-8-15(13)17/h4,7-8,11-12,18H,2-3,5-6,9-10H2,1H3. The van der Waals surface area contributed by atoms with Crippen LogP contribution in [0.25, 0.3) is 0 Å². The Morgan fingerprint density at radius 2 is 2.11 bits per heavy atom. The Labute approximate surface area is 114 Å². The smallest absolute Gasteiger partial charge is 0.127 e. The second-order valence-electron chi connectivity index (χ2n) is 5.28. The Balaban J connectivity index is 2.00. The highest BCUT2D eigenvalue weighted by atomic mass is 35.5. The van der Waals surface area contributed by atoms with Gasteiger partial charge in [-0.05, 0) is 37.9 Å². The summed E-state index contributed by atoms with van der Waals surface area (Å²) in [4.78, 5) is 0. The van der Waals surface area contributed by atoms with Gasteiger partial charge in [-0.1, -0.05) is 43.4 Å². The first-order valence-electron chi connectivity index (χ1n) is 6.81. The third kappa shape index (κ3) is 3.46. The van der Waals surface area contributed by atoms with Crippen molar-refractivity contribution in [3.63, 3.8) is 0 Å². The van der Waals surface area contributed by atoms with Gasteiger partial charge >= 0.3 is 0 Å².